The van der Waals surface area contributed by atoms with Crippen molar-refractivity contribution in [2.75, 3.05) is 13.6 Å². The predicted molar refractivity (Wildman–Crippen MR) is 69.2 cm³/mol. The highest BCUT2D eigenvalue weighted by Gasteiger charge is 2.36. The summed E-state index contributed by atoms with van der Waals surface area (Å²) >= 11 is 3.82. The number of halogens is 1. The van der Waals surface area contributed by atoms with Crippen LogP contribution in [0.1, 0.15) is 39.0 Å². The minimum Gasteiger partial charge on any atom is -0.378 e. The van der Waals surface area contributed by atoms with Crippen LogP contribution in [0, 0.1) is 11.8 Å². The highest BCUT2D eigenvalue weighted by molar-refractivity contribution is 9.10. The Morgan fingerprint density at radius 3 is 2.40 bits per heavy atom. The van der Waals surface area contributed by atoms with E-state index in [1.165, 1.54) is 44.3 Å². The molecule has 2 fully saturated rings. The number of likely N-dealkylation sites (tertiary alicyclic amines) is 1. The molecule has 0 N–H and O–H groups in total. The van der Waals surface area contributed by atoms with Gasteiger partial charge in [0, 0.05) is 29.5 Å². The van der Waals surface area contributed by atoms with E-state index in [2.05, 4.69) is 41.4 Å². The topological polar surface area (TPSA) is 3.24 Å². The van der Waals surface area contributed by atoms with Crippen LogP contribution in [0.4, 0.5) is 0 Å². The van der Waals surface area contributed by atoms with Gasteiger partial charge in [-0.2, -0.15) is 0 Å². The van der Waals surface area contributed by atoms with Crippen molar-refractivity contribution < 1.29 is 0 Å². The molecule has 1 aliphatic carbocycles. The van der Waals surface area contributed by atoms with Crippen LogP contribution in [0.2, 0.25) is 0 Å². The van der Waals surface area contributed by atoms with Crippen LogP contribution in [0.3, 0.4) is 0 Å². The van der Waals surface area contributed by atoms with Crippen LogP contribution in [-0.2, 0) is 0 Å². The summed E-state index contributed by atoms with van der Waals surface area (Å²) in [6.45, 7) is 7.79. The summed E-state index contributed by atoms with van der Waals surface area (Å²) < 4.78 is 0.412. The Morgan fingerprint density at radius 1 is 1.33 bits per heavy atom. The first-order chi connectivity index (χ1) is 6.99. The number of rotatable bonds is 1. The Morgan fingerprint density at radius 2 is 1.93 bits per heavy atom. The lowest BCUT2D eigenvalue weighted by Gasteiger charge is -2.36. The maximum absolute atomic E-state index is 4.24. The maximum atomic E-state index is 4.24. The average molecular weight is 272 g/mol. The zero-order valence-electron chi connectivity index (χ0n) is 9.93. The zero-order chi connectivity index (χ0) is 11.1. The first-order valence-corrected chi connectivity index (χ1v) is 6.88. The lowest BCUT2D eigenvalue weighted by Crippen LogP contribution is -2.28. The predicted octanol–water partition coefficient (Wildman–Crippen LogP) is 3.80. The van der Waals surface area contributed by atoms with Crippen molar-refractivity contribution >= 4 is 15.9 Å². The first-order valence-electron chi connectivity index (χ1n) is 6.08. The van der Waals surface area contributed by atoms with Crippen LogP contribution in [-0.4, -0.2) is 22.8 Å². The fourth-order valence-electron chi connectivity index (χ4n) is 3.08. The summed E-state index contributed by atoms with van der Waals surface area (Å²) in [6, 6.07) is 0. The standard InChI is InChI=1S/C13H22BrN/c1-10-12(6-9-15(10)3)11-4-7-13(2,14)8-5-11/h11-12H,1,4-9H2,2-3H3. The number of hydrogen-bond acceptors (Lipinski definition) is 1. The summed E-state index contributed by atoms with van der Waals surface area (Å²) in [5.74, 6) is 1.67. The molecule has 1 atom stereocenters. The lowest BCUT2D eigenvalue weighted by atomic mass is 9.75. The molecule has 0 spiro atoms. The van der Waals surface area contributed by atoms with Gasteiger partial charge in [-0.25, -0.2) is 0 Å². The second-order valence-electron chi connectivity index (χ2n) is 5.56. The molecule has 0 amide bonds. The summed E-state index contributed by atoms with van der Waals surface area (Å²) in [7, 11) is 2.18. The molecule has 0 aromatic rings. The quantitative estimate of drug-likeness (QED) is 0.656. The number of hydrogen-bond donors (Lipinski definition) is 0. The zero-order valence-corrected chi connectivity index (χ0v) is 11.5. The SMILES string of the molecule is C=C1C(C2CCC(C)(Br)CC2)CCN1C. The molecule has 0 aromatic heterocycles. The molecule has 1 saturated carbocycles. The largest absolute Gasteiger partial charge is 0.378 e. The van der Waals surface area contributed by atoms with Crippen molar-refractivity contribution in [3.8, 4) is 0 Å². The van der Waals surface area contributed by atoms with Crippen LogP contribution in [0.15, 0.2) is 12.3 Å². The molecule has 1 heterocycles. The van der Waals surface area contributed by atoms with Crippen molar-refractivity contribution in [1.29, 1.82) is 0 Å². The van der Waals surface area contributed by atoms with E-state index in [1.807, 2.05) is 0 Å². The van der Waals surface area contributed by atoms with E-state index < -0.39 is 0 Å². The van der Waals surface area contributed by atoms with E-state index in [1.54, 1.807) is 0 Å². The van der Waals surface area contributed by atoms with Gasteiger partial charge in [-0.05, 0) is 44.9 Å². The number of alkyl halides is 1. The molecule has 2 aliphatic rings. The lowest BCUT2D eigenvalue weighted by molar-refractivity contribution is 0.254. The van der Waals surface area contributed by atoms with Gasteiger partial charge in [0.15, 0.2) is 0 Å². The monoisotopic (exact) mass is 271 g/mol. The second kappa shape index (κ2) is 4.12. The Hall–Kier alpha value is 0.0200. The maximum Gasteiger partial charge on any atom is 0.0230 e. The summed E-state index contributed by atoms with van der Waals surface area (Å²) in [6.07, 6.45) is 6.73. The van der Waals surface area contributed by atoms with Gasteiger partial charge in [0.2, 0.25) is 0 Å². The van der Waals surface area contributed by atoms with Crippen molar-refractivity contribution in [3.05, 3.63) is 12.3 Å². The van der Waals surface area contributed by atoms with Gasteiger partial charge in [-0.15, -0.1) is 0 Å². The minimum absolute atomic E-state index is 0.412. The third kappa shape index (κ3) is 2.41. The van der Waals surface area contributed by atoms with E-state index in [0.717, 1.165) is 11.8 Å². The third-order valence-electron chi connectivity index (χ3n) is 4.34. The first kappa shape index (κ1) is 11.5. The molecule has 15 heavy (non-hydrogen) atoms. The van der Waals surface area contributed by atoms with Gasteiger partial charge in [0.25, 0.3) is 0 Å². The van der Waals surface area contributed by atoms with Gasteiger partial charge in [-0.1, -0.05) is 22.5 Å². The van der Waals surface area contributed by atoms with Gasteiger partial charge in [0.1, 0.15) is 0 Å². The number of nitrogens with zero attached hydrogens (tertiary/aromatic N) is 1. The molecule has 1 nitrogen and oxygen atoms in total. The fraction of sp³-hybridized carbons (Fsp3) is 0.846. The molecular weight excluding hydrogens is 250 g/mol. The highest BCUT2D eigenvalue weighted by atomic mass is 79.9. The van der Waals surface area contributed by atoms with E-state index in [9.17, 15) is 0 Å². The molecule has 1 unspecified atom stereocenters. The molecular formula is C13H22BrN. The smallest absolute Gasteiger partial charge is 0.0230 e. The molecule has 1 aliphatic heterocycles. The Bertz CT molecular complexity index is 249. The molecule has 2 heteroatoms. The van der Waals surface area contributed by atoms with Gasteiger partial charge >= 0.3 is 0 Å². The van der Waals surface area contributed by atoms with Crippen molar-refractivity contribution in [3.63, 3.8) is 0 Å². The van der Waals surface area contributed by atoms with Crippen LogP contribution in [0.5, 0.6) is 0 Å². The van der Waals surface area contributed by atoms with Gasteiger partial charge in [0.05, 0.1) is 0 Å². The van der Waals surface area contributed by atoms with Crippen LogP contribution >= 0.6 is 15.9 Å². The molecule has 0 bridgehead atoms. The van der Waals surface area contributed by atoms with Crippen LogP contribution in [0.25, 0.3) is 0 Å². The van der Waals surface area contributed by atoms with Crippen molar-refractivity contribution in [2.45, 2.75) is 43.4 Å². The van der Waals surface area contributed by atoms with E-state index in [4.69, 9.17) is 0 Å². The molecule has 2 rings (SSSR count). The Labute approximate surface area is 102 Å². The third-order valence-corrected chi connectivity index (χ3v) is 5.13. The average Bonchev–Trinajstić information content (AvgIpc) is 2.49. The molecule has 86 valence electrons. The second-order valence-corrected chi connectivity index (χ2v) is 7.47. The Kier molecular flexibility index (Phi) is 3.16. The van der Waals surface area contributed by atoms with Crippen molar-refractivity contribution in [2.24, 2.45) is 11.8 Å². The van der Waals surface area contributed by atoms with E-state index in [-0.39, 0.29) is 0 Å². The molecule has 0 aromatic carbocycles. The van der Waals surface area contributed by atoms with E-state index >= 15 is 0 Å². The van der Waals surface area contributed by atoms with Gasteiger partial charge in [-0.3, -0.25) is 0 Å². The summed E-state index contributed by atoms with van der Waals surface area (Å²) in [4.78, 5) is 2.34. The summed E-state index contributed by atoms with van der Waals surface area (Å²) in [5, 5.41) is 0. The molecule has 1 saturated heterocycles. The van der Waals surface area contributed by atoms with Gasteiger partial charge < -0.3 is 4.90 Å². The normalized spacial score (nSPS) is 42.3. The summed E-state index contributed by atoms with van der Waals surface area (Å²) in [5.41, 5.74) is 1.39. The number of allylic oxidation sites excluding steroid dienone is 1. The fourth-order valence-corrected chi connectivity index (χ4v) is 3.54. The van der Waals surface area contributed by atoms with Crippen molar-refractivity contribution in [1.82, 2.24) is 4.90 Å². The highest BCUT2D eigenvalue weighted by Crippen LogP contribution is 2.44. The van der Waals surface area contributed by atoms with Crippen LogP contribution < -0.4 is 0 Å². The molecule has 0 radical (unpaired) electrons. The minimum atomic E-state index is 0.412. The van der Waals surface area contributed by atoms with E-state index in [0.29, 0.717) is 4.32 Å². The Balaban J connectivity index is 1.94.